The number of alkyl halides is 3. The third kappa shape index (κ3) is 3.87. The van der Waals surface area contributed by atoms with Crippen molar-refractivity contribution in [2.24, 2.45) is 5.73 Å². The molecule has 21 heavy (non-hydrogen) atoms. The van der Waals surface area contributed by atoms with E-state index in [0.29, 0.717) is 11.1 Å². The van der Waals surface area contributed by atoms with Gasteiger partial charge in [-0.3, -0.25) is 9.78 Å². The maximum atomic E-state index is 13.1. The van der Waals surface area contributed by atoms with Crippen LogP contribution in [-0.4, -0.2) is 22.8 Å². The van der Waals surface area contributed by atoms with Crippen LogP contribution in [0.2, 0.25) is 0 Å². The van der Waals surface area contributed by atoms with E-state index in [-0.39, 0.29) is 12.2 Å². The first kappa shape index (κ1) is 15.6. The predicted molar refractivity (Wildman–Crippen MR) is 78.8 cm³/mol. The molecule has 0 aromatic carbocycles. The van der Waals surface area contributed by atoms with Crippen LogP contribution in [0.1, 0.15) is 17.7 Å². The molecule has 0 radical (unpaired) electrons. The molecule has 0 bridgehead atoms. The molecule has 114 valence electrons. The molecule has 0 aliphatic carbocycles. The maximum absolute atomic E-state index is 13.1. The Morgan fingerprint density at radius 1 is 1.43 bits per heavy atom. The molecule has 1 amide bonds. The van der Waals surface area contributed by atoms with Gasteiger partial charge in [0, 0.05) is 18.3 Å². The van der Waals surface area contributed by atoms with Crippen molar-refractivity contribution in [3.63, 3.8) is 0 Å². The van der Waals surface area contributed by atoms with E-state index in [1.54, 1.807) is 30.7 Å². The van der Waals surface area contributed by atoms with E-state index in [4.69, 9.17) is 5.73 Å². The van der Waals surface area contributed by atoms with E-state index in [1.165, 1.54) is 6.08 Å². The van der Waals surface area contributed by atoms with Crippen molar-refractivity contribution in [1.29, 1.82) is 0 Å². The summed E-state index contributed by atoms with van der Waals surface area (Å²) < 4.78 is 39.3. The molecule has 1 aromatic heterocycles. The Morgan fingerprint density at radius 3 is 2.71 bits per heavy atom. The summed E-state index contributed by atoms with van der Waals surface area (Å²) in [5, 5.41) is 1.61. The number of aryl methyl sites for hydroxylation is 1. The number of carbonyl (C=O) groups excluding carboxylic acids is 1. The number of primary amides is 1. The van der Waals surface area contributed by atoms with Crippen LogP contribution in [0, 0.1) is 6.92 Å². The summed E-state index contributed by atoms with van der Waals surface area (Å²) in [4.78, 5) is 14.3. The first-order valence-electron chi connectivity index (χ1n) is 6.26. The average Bonchev–Trinajstić information content (AvgIpc) is 2.80. The molecular weight excluding hydrogens is 301 g/mol. The van der Waals surface area contributed by atoms with E-state index < -0.39 is 27.9 Å². The van der Waals surface area contributed by atoms with Crippen molar-refractivity contribution in [2.45, 2.75) is 19.5 Å². The highest BCUT2D eigenvalue weighted by Crippen LogP contribution is 2.53. The Hall–Kier alpha value is -1.76. The van der Waals surface area contributed by atoms with E-state index in [2.05, 4.69) is 4.98 Å². The molecule has 2 N–H and O–H groups in total. The molecule has 7 heteroatoms. The lowest BCUT2D eigenvalue weighted by atomic mass is 10.1. The van der Waals surface area contributed by atoms with Gasteiger partial charge in [0.15, 0.2) is 0 Å². The lowest BCUT2D eigenvalue weighted by Crippen LogP contribution is -2.15. The van der Waals surface area contributed by atoms with Crippen molar-refractivity contribution in [1.82, 2.24) is 4.98 Å². The third-order valence-electron chi connectivity index (χ3n) is 3.02. The number of rotatable bonds is 4. The molecule has 2 rings (SSSR count). The number of allylic oxidation sites excluding steroid dienone is 3. The Labute approximate surface area is 123 Å². The fourth-order valence-electron chi connectivity index (χ4n) is 2.05. The van der Waals surface area contributed by atoms with Crippen LogP contribution in [0.3, 0.4) is 0 Å². The number of nitrogens with zero attached hydrogens (tertiary/aromatic N) is 1. The van der Waals surface area contributed by atoms with Crippen LogP contribution >= 0.6 is 10.9 Å². The number of halogens is 3. The third-order valence-corrected chi connectivity index (χ3v) is 5.31. The van der Waals surface area contributed by atoms with Crippen LogP contribution in [0.15, 0.2) is 34.7 Å². The number of hydrogen-bond donors (Lipinski definition) is 2. The fraction of sp³-hybridized carbons (Fsp3) is 0.286. The SMILES string of the molecule is Cc1cc(C2=C[SH](CCC(N)=O)C(C(F)(F)F)=C2)ccn1. The van der Waals surface area contributed by atoms with Crippen molar-refractivity contribution in [3.05, 3.63) is 46.0 Å². The zero-order valence-electron chi connectivity index (χ0n) is 11.3. The van der Waals surface area contributed by atoms with Crippen LogP contribution in [-0.2, 0) is 4.79 Å². The highest BCUT2D eigenvalue weighted by Gasteiger charge is 2.39. The van der Waals surface area contributed by atoms with Crippen LogP contribution < -0.4 is 5.73 Å². The van der Waals surface area contributed by atoms with Gasteiger partial charge in [0.25, 0.3) is 0 Å². The number of hydrogen-bond acceptors (Lipinski definition) is 2. The average molecular weight is 316 g/mol. The minimum absolute atomic E-state index is 0.0434. The summed E-state index contributed by atoms with van der Waals surface area (Å²) in [5.74, 6) is -0.454. The normalized spacial score (nSPS) is 20.1. The first-order valence-corrected chi connectivity index (χ1v) is 7.85. The Morgan fingerprint density at radius 2 is 2.14 bits per heavy atom. The molecule has 0 fully saturated rings. The van der Waals surface area contributed by atoms with Gasteiger partial charge in [-0.2, -0.15) is 13.2 Å². The van der Waals surface area contributed by atoms with Gasteiger partial charge >= 0.3 is 6.18 Å². The van der Waals surface area contributed by atoms with Gasteiger partial charge in [0.2, 0.25) is 5.91 Å². The standard InChI is InChI=1S/C14H15F3N2OS/c1-9-6-10(2-4-19-9)11-7-12(14(15,16)17)21(8-11)5-3-13(18)20/h2,4,6-8,21H,3,5H2,1H3,(H2,18,20). The fourth-order valence-corrected chi connectivity index (χ4v) is 4.21. The maximum Gasteiger partial charge on any atom is 0.420 e. The number of aromatic nitrogens is 1. The lowest BCUT2D eigenvalue weighted by Gasteiger charge is -2.19. The lowest BCUT2D eigenvalue weighted by molar-refractivity contribution is -0.117. The summed E-state index contributed by atoms with van der Waals surface area (Å²) >= 11 is 0. The zero-order chi connectivity index (χ0) is 15.6. The number of carbonyl (C=O) groups is 1. The van der Waals surface area contributed by atoms with E-state index in [9.17, 15) is 18.0 Å². The number of nitrogens with two attached hydrogens (primary N) is 1. The quantitative estimate of drug-likeness (QED) is 0.839. The molecule has 1 aliphatic heterocycles. The van der Waals surface area contributed by atoms with Gasteiger partial charge in [0.1, 0.15) is 0 Å². The minimum Gasteiger partial charge on any atom is -0.370 e. The smallest absolute Gasteiger partial charge is 0.370 e. The van der Waals surface area contributed by atoms with Crippen molar-refractivity contribution >= 4 is 22.4 Å². The second-order valence-electron chi connectivity index (χ2n) is 4.71. The predicted octanol–water partition coefficient (Wildman–Crippen LogP) is 3.07. The molecule has 0 saturated heterocycles. The second kappa shape index (κ2) is 5.93. The first-order chi connectivity index (χ1) is 9.77. The van der Waals surface area contributed by atoms with Crippen molar-refractivity contribution in [3.8, 4) is 0 Å². The topological polar surface area (TPSA) is 56.0 Å². The van der Waals surface area contributed by atoms with Gasteiger partial charge in [0.05, 0.1) is 4.91 Å². The second-order valence-corrected chi connectivity index (χ2v) is 6.83. The Kier molecular flexibility index (Phi) is 4.41. The molecule has 3 nitrogen and oxygen atoms in total. The summed E-state index contributed by atoms with van der Waals surface area (Å²) in [6.07, 6.45) is -1.69. The largest absolute Gasteiger partial charge is 0.420 e. The summed E-state index contributed by atoms with van der Waals surface area (Å²) in [5.41, 5.74) is 7.01. The Bertz CT molecular complexity index is 623. The number of pyridine rings is 1. The summed E-state index contributed by atoms with van der Waals surface area (Å²) in [6.45, 7) is 1.78. The molecule has 0 saturated carbocycles. The van der Waals surface area contributed by atoms with Crippen molar-refractivity contribution < 1.29 is 18.0 Å². The van der Waals surface area contributed by atoms with E-state index in [0.717, 1.165) is 5.69 Å². The highest BCUT2D eigenvalue weighted by atomic mass is 32.2. The molecular formula is C14H15F3N2OS. The van der Waals surface area contributed by atoms with Gasteiger partial charge in [-0.25, -0.2) is 10.9 Å². The van der Waals surface area contributed by atoms with E-state index in [1.807, 2.05) is 0 Å². The molecule has 1 aliphatic rings. The Balaban J connectivity index is 2.32. The van der Waals surface area contributed by atoms with E-state index >= 15 is 0 Å². The van der Waals surface area contributed by atoms with Gasteiger partial charge in [-0.05, 0) is 47.4 Å². The van der Waals surface area contributed by atoms with Crippen LogP contribution in [0.25, 0.3) is 5.57 Å². The molecule has 1 atom stereocenters. The van der Waals surface area contributed by atoms with Crippen LogP contribution in [0.4, 0.5) is 13.2 Å². The zero-order valence-corrected chi connectivity index (χ0v) is 12.2. The van der Waals surface area contributed by atoms with Crippen molar-refractivity contribution in [2.75, 3.05) is 5.75 Å². The number of amides is 1. The monoisotopic (exact) mass is 316 g/mol. The summed E-state index contributed by atoms with van der Waals surface area (Å²) in [7, 11) is -1.55. The van der Waals surface area contributed by atoms with Crippen LogP contribution in [0.5, 0.6) is 0 Å². The molecule has 1 aromatic rings. The summed E-state index contributed by atoms with van der Waals surface area (Å²) in [6, 6.07) is 3.42. The minimum atomic E-state index is -4.39. The highest BCUT2D eigenvalue weighted by molar-refractivity contribution is 8.23. The molecule has 1 unspecified atom stereocenters. The van der Waals surface area contributed by atoms with Gasteiger partial charge in [-0.15, -0.1) is 0 Å². The number of thiol groups is 1. The molecule has 2 heterocycles. The molecule has 0 spiro atoms. The van der Waals surface area contributed by atoms with Gasteiger partial charge in [-0.1, -0.05) is 0 Å². The van der Waals surface area contributed by atoms with Gasteiger partial charge < -0.3 is 5.73 Å².